The van der Waals surface area contributed by atoms with Gasteiger partial charge in [-0.25, -0.2) is 0 Å². The Kier molecular flexibility index (Phi) is 5.98. The Morgan fingerprint density at radius 1 is 1.27 bits per heavy atom. The van der Waals surface area contributed by atoms with Gasteiger partial charge in [-0.1, -0.05) is 23.7 Å². The number of ether oxygens (including phenoxy) is 1. The number of thiocarbonyl (C=S) groups is 1. The minimum absolute atomic E-state index is 0.184. The van der Waals surface area contributed by atoms with Gasteiger partial charge < -0.3 is 10.1 Å². The van der Waals surface area contributed by atoms with Crippen LogP contribution in [0.15, 0.2) is 42.5 Å². The van der Waals surface area contributed by atoms with Crippen LogP contribution in [0.4, 0.5) is 5.69 Å². The van der Waals surface area contributed by atoms with Crippen molar-refractivity contribution in [1.82, 2.24) is 5.32 Å². The minimum atomic E-state index is -0.301. The van der Waals surface area contributed by atoms with E-state index in [9.17, 15) is 4.79 Å². The molecule has 0 aliphatic heterocycles. The highest BCUT2D eigenvalue weighted by Crippen LogP contribution is 2.22. The average Bonchev–Trinajstić information content (AvgIpc) is 2.49. The van der Waals surface area contributed by atoms with Crippen molar-refractivity contribution in [3.63, 3.8) is 0 Å². The molecule has 2 N–H and O–H groups in total. The predicted molar refractivity (Wildman–Crippen MR) is 101 cm³/mol. The van der Waals surface area contributed by atoms with Gasteiger partial charge in [0, 0.05) is 5.56 Å². The Hall–Kier alpha value is -1.38. The Balaban J connectivity index is 2.04. The molecule has 0 spiro atoms. The molecule has 114 valence electrons. The summed E-state index contributed by atoms with van der Waals surface area (Å²) in [7, 11) is 1.58. The number of benzene rings is 2. The molecule has 0 fully saturated rings. The van der Waals surface area contributed by atoms with E-state index in [0.717, 1.165) is 3.57 Å². The normalized spacial score (nSPS) is 9.95. The number of carbonyl (C=O) groups is 1. The first-order valence-corrected chi connectivity index (χ1v) is 8.08. The van der Waals surface area contributed by atoms with Gasteiger partial charge in [-0.2, -0.15) is 0 Å². The largest absolute Gasteiger partial charge is 0.496 e. The molecule has 0 heterocycles. The highest BCUT2D eigenvalue weighted by molar-refractivity contribution is 14.1. The smallest absolute Gasteiger partial charge is 0.257 e. The lowest BCUT2D eigenvalue weighted by atomic mass is 10.2. The van der Waals surface area contributed by atoms with Crippen molar-refractivity contribution in [3.8, 4) is 5.75 Å². The number of nitrogens with one attached hydrogen (secondary N) is 2. The van der Waals surface area contributed by atoms with Gasteiger partial charge >= 0.3 is 0 Å². The number of methoxy groups -OCH3 is 1. The van der Waals surface area contributed by atoms with Crippen molar-refractivity contribution < 1.29 is 9.53 Å². The maximum atomic E-state index is 12.2. The van der Waals surface area contributed by atoms with Crippen LogP contribution in [0.25, 0.3) is 0 Å². The minimum Gasteiger partial charge on any atom is -0.496 e. The molecule has 1 amide bonds. The van der Waals surface area contributed by atoms with Crippen molar-refractivity contribution in [1.29, 1.82) is 0 Å². The first kappa shape index (κ1) is 17.0. The zero-order chi connectivity index (χ0) is 16.1. The molecular weight excluding hydrogens is 435 g/mol. The van der Waals surface area contributed by atoms with Crippen LogP contribution in [0.5, 0.6) is 5.75 Å². The lowest BCUT2D eigenvalue weighted by molar-refractivity contribution is 0.0977. The monoisotopic (exact) mass is 446 g/mol. The molecule has 0 aromatic heterocycles. The first-order chi connectivity index (χ1) is 10.5. The number of para-hydroxylation sites is 1. The molecule has 0 aliphatic carbocycles. The van der Waals surface area contributed by atoms with Crippen LogP contribution in [0.1, 0.15) is 10.4 Å². The fourth-order valence-electron chi connectivity index (χ4n) is 1.70. The zero-order valence-electron chi connectivity index (χ0n) is 11.5. The molecule has 0 aliphatic rings. The number of anilines is 1. The molecule has 0 atom stereocenters. The van der Waals surface area contributed by atoms with Gasteiger partial charge in [0.2, 0.25) is 0 Å². The fraction of sp³-hybridized carbons (Fsp3) is 0.0667. The molecule has 0 bridgehead atoms. The summed E-state index contributed by atoms with van der Waals surface area (Å²) in [5.74, 6) is 0.416. The summed E-state index contributed by atoms with van der Waals surface area (Å²) in [4.78, 5) is 12.2. The summed E-state index contributed by atoms with van der Waals surface area (Å²) in [5.41, 5.74) is 1.13. The standard InChI is InChI=1S/C15H12ClIN2O2S/c1-21-13-7-6-9(8-11(13)17)14(20)19-15(22)18-12-5-3-2-4-10(12)16/h2-8H,1H3,(H2,18,19,20,22). The quantitative estimate of drug-likeness (QED) is 0.551. The second-order valence-electron chi connectivity index (χ2n) is 4.24. The lowest BCUT2D eigenvalue weighted by Gasteiger charge is -2.11. The van der Waals surface area contributed by atoms with Gasteiger partial charge in [0.15, 0.2) is 5.11 Å². The van der Waals surface area contributed by atoms with E-state index in [2.05, 4.69) is 33.2 Å². The van der Waals surface area contributed by atoms with Crippen LogP contribution in [0, 0.1) is 3.57 Å². The van der Waals surface area contributed by atoms with Crippen LogP contribution >= 0.6 is 46.4 Å². The third kappa shape index (κ3) is 4.31. The average molecular weight is 447 g/mol. The van der Waals surface area contributed by atoms with Crippen molar-refractivity contribution in [3.05, 3.63) is 56.6 Å². The summed E-state index contributed by atoms with van der Waals surface area (Å²) in [5, 5.41) is 6.21. The van der Waals surface area contributed by atoms with Gasteiger partial charge in [-0.05, 0) is 65.1 Å². The van der Waals surface area contributed by atoms with Crippen molar-refractivity contribution >= 4 is 63.1 Å². The summed E-state index contributed by atoms with van der Waals surface area (Å²) in [6.07, 6.45) is 0. The number of carbonyl (C=O) groups excluding carboxylic acids is 1. The number of hydrogen-bond acceptors (Lipinski definition) is 3. The van der Waals surface area contributed by atoms with Gasteiger partial charge in [-0.15, -0.1) is 0 Å². The summed E-state index contributed by atoms with van der Waals surface area (Å²) in [6.45, 7) is 0. The van der Waals surface area contributed by atoms with Crippen LogP contribution < -0.4 is 15.4 Å². The molecule has 22 heavy (non-hydrogen) atoms. The van der Waals surface area contributed by atoms with Gasteiger partial charge in [0.25, 0.3) is 5.91 Å². The van der Waals surface area contributed by atoms with Crippen molar-refractivity contribution in [2.75, 3.05) is 12.4 Å². The van der Waals surface area contributed by atoms with Crippen LogP contribution in [0.2, 0.25) is 5.02 Å². The molecule has 2 aromatic rings. The Labute approximate surface area is 152 Å². The molecule has 4 nitrogen and oxygen atoms in total. The van der Waals surface area contributed by atoms with E-state index in [4.69, 9.17) is 28.6 Å². The first-order valence-electron chi connectivity index (χ1n) is 6.21. The van der Waals surface area contributed by atoms with Gasteiger partial charge in [-0.3, -0.25) is 10.1 Å². The van der Waals surface area contributed by atoms with E-state index >= 15 is 0 Å². The Bertz CT molecular complexity index is 724. The predicted octanol–water partition coefficient (Wildman–Crippen LogP) is 4.08. The number of hydrogen-bond donors (Lipinski definition) is 2. The molecule has 0 saturated carbocycles. The highest BCUT2D eigenvalue weighted by atomic mass is 127. The molecule has 0 unspecified atom stereocenters. The van der Waals surface area contributed by atoms with E-state index in [1.807, 2.05) is 12.1 Å². The zero-order valence-corrected chi connectivity index (χ0v) is 15.3. The van der Waals surface area contributed by atoms with E-state index in [1.54, 1.807) is 37.4 Å². The van der Waals surface area contributed by atoms with Crippen molar-refractivity contribution in [2.24, 2.45) is 0 Å². The SMILES string of the molecule is COc1ccc(C(=O)NC(=S)Nc2ccccc2Cl)cc1I. The van der Waals surface area contributed by atoms with Gasteiger partial charge in [0.1, 0.15) is 5.75 Å². The van der Waals surface area contributed by atoms with E-state index in [1.165, 1.54) is 0 Å². The number of amides is 1. The molecule has 0 saturated heterocycles. The van der Waals surface area contributed by atoms with Crippen molar-refractivity contribution in [2.45, 2.75) is 0 Å². The van der Waals surface area contributed by atoms with Crippen LogP contribution in [-0.4, -0.2) is 18.1 Å². The Morgan fingerprint density at radius 2 is 2.00 bits per heavy atom. The second-order valence-corrected chi connectivity index (χ2v) is 6.22. The molecule has 2 aromatic carbocycles. The number of halogens is 2. The second kappa shape index (κ2) is 7.75. The number of rotatable bonds is 3. The fourth-order valence-corrected chi connectivity index (χ4v) is 2.82. The summed E-state index contributed by atoms with van der Waals surface area (Å²) >= 11 is 13.3. The lowest BCUT2D eigenvalue weighted by Crippen LogP contribution is -2.34. The highest BCUT2D eigenvalue weighted by Gasteiger charge is 2.11. The third-order valence-electron chi connectivity index (χ3n) is 2.76. The van der Waals surface area contributed by atoms with E-state index in [-0.39, 0.29) is 11.0 Å². The third-order valence-corrected chi connectivity index (χ3v) is 4.14. The summed E-state index contributed by atoms with van der Waals surface area (Å²) < 4.78 is 6.01. The van der Waals surface area contributed by atoms with Gasteiger partial charge in [0.05, 0.1) is 21.4 Å². The summed E-state index contributed by atoms with van der Waals surface area (Å²) in [6, 6.07) is 12.3. The maximum absolute atomic E-state index is 12.2. The van der Waals surface area contributed by atoms with E-state index in [0.29, 0.717) is 22.0 Å². The maximum Gasteiger partial charge on any atom is 0.257 e. The molecule has 2 rings (SSSR count). The molecule has 7 heteroatoms. The Morgan fingerprint density at radius 3 is 2.64 bits per heavy atom. The topological polar surface area (TPSA) is 50.4 Å². The molecule has 0 radical (unpaired) electrons. The molecular formula is C15H12ClIN2O2S. The van der Waals surface area contributed by atoms with Crippen LogP contribution in [0.3, 0.4) is 0 Å². The van der Waals surface area contributed by atoms with Crippen LogP contribution in [-0.2, 0) is 0 Å². The van der Waals surface area contributed by atoms with E-state index < -0.39 is 0 Å².